The van der Waals surface area contributed by atoms with Gasteiger partial charge in [0.15, 0.2) is 0 Å². The van der Waals surface area contributed by atoms with E-state index in [4.69, 9.17) is 0 Å². The number of hydrogen-bond acceptors (Lipinski definition) is 2. The smallest absolute Gasteiger partial charge is 0.225 e. The van der Waals surface area contributed by atoms with Gasteiger partial charge in [0.05, 0.1) is 0 Å². The number of amides is 1. The lowest BCUT2D eigenvalue weighted by molar-refractivity contribution is -0.137. The van der Waals surface area contributed by atoms with Gasteiger partial charge in [-0.3, -0.25) is 4.79 Å². The first-order chi connectivity index (χ1) is 10.3. The van der Waals surface area contributed by atoms with Crippen LogP contribution in [0.3, 0.4) is 0 Å². The summed E-state index contributed by atoms with van der Waals surface area (Å²) in [7, 11) is 0. The molecule has 1 aliphatic carbocycles. The Morgan fingerprint density at radius 3 is 2.10 bits per heavy atom. The quantitative estimate of drug-likeness (QED) is 0.846. The number of rotatable bonds is 2. The van der Waals surface area contributed by atoms with E-state index in [9.17, 15) is 4.79 Å². The predicted molar refractivity (Wildman–Crippen MR) is 86.1 cm³/mol. The van der Waals surface area contributed by atoms with Crippen LogP contribution >= 0.6 is 0 Å². The van der Waals surface area contributed by atoms with E-state index >= 15 is 0 Å². The molecule has 3 rings (SSSR count). The minimum atomic E-state index is 0.339. The molecule has 0 bridgehead atoms. The fraction of sp³-hybridized carbons (Fsp3) is 0.944. The fourth-order valence-corrected chi connectivity index (χ4v) is 4.60. The summed E-state index contributed by atoms with van der Waals surface area (Å²) in [5, 5.41) is 3.65. The van der Waals surface area contributed by atoms with Crippen molar-refractivity contribution < 1.29 is 4.79 Å². The summed E-state index contributed by atoms with van der Waals surface area (Å²) in [4.78, 5) is 14.9. The molecule has 2 saturated heterocycles. The van der Waals surface area contributed by atoms with Crippen molar-refractivity contribution >= 4 is 5.91 Å². The van der Waals surface area contributed by atoms with E-state index in [0.29, 0.717) is 11.8 Å². The molecular weight excluding hydrogens is 260 g/mol. The monoisotopic (exact) mass is 292 g/mol. The molecule has 0 aromatic carbocycles. The van der Waals surface area contributed by atoms with Crippen LogP contribution in [0.15, 0.2) is 0 Å². The zero-order valence-corrected chi connectivity index (χ0v) is 13.5. The maximum absolute atomic E-state index is 12.8. The Labute approximate surface area is 129 Å². The molecule has 3 heteroatoms. The molecule has 3 aliphatic rings. The van der Waals surface area contributed by atoms with Gasteiger partial charge in [0.1, 0.15) is 0 Å². The Morgan fingerprint density at radius 1 is 0.810 bits per heavy atom. The van der Waals surface area contributed by atoms with E-state index in [2.05, 4.69) is 10.2 Å². The van der Waals surface area contributed by atoms with Gasteiger partial charge in [0.25, 0.3) is 0 Å². The average molecular weight is 292 g/mol. The normalized spacial score (nSPS) is 30.1. The van der Waals surface area contributed by atoms with Gasteiger partial charge in [-0.05, 0) is 51.0 Å². The minimum Gasteiger partial charge on any atom is -0.342 e. The Bertz CT molecular complexity index is 322. The van der Waals surface area contributed by atoms with Crippen molar-refractivity contribution in [3.8, 4) is 0 Å². The van der Waals surface area contributed by atoms with Crippen LogP contribution in [0, 0.1) is 11.8 Å². The Hall–Kier alpha value is -0.570. The Morgan fingerprint density at radius 2 is 1.48 bits per heavy atom. The molecule has 0 aromatic heterocycles. The van der Waals surface area contributed by atoms with Crippen LogP contribution in [0.2, 0.25) is 0 Å². The molecule has 1 saturated carbocycles. The standard InChI is InChI=1S/C18H32N2O/c21-18(16-7-4-2-1-3-5-8-16)20-13-10-15(11-14-20)17-9-6-12-19-17/h15-17,19H,1-14H2. The molecule has 1 N–H and O–H groups in total. The first kappa shape index (κ1) is 15.3. The van der Waals surface area contributed by atoms with Gasteiger partial charge in [0, 0.05) is 25.0 Å². The maximum Gasteiger partial charge on any atom is 0.225 e. The van der Waals surface area contributed by atoms with Crippen LogP contribution in [-0.4, -0.2) is 36.5 Å². The maximum atomic E-state index is 12.8. The van der Waals surface area contributed by atoms with Gasteiger partial charge in [-0.1, -0.05) is 32.1 Å². The molecule has 1 amide bonds. The lowest BCUT2D eigenvalue weighted by Gasteiger charge is -2.37. The highest BCUT2D eigenvalue weighted by Crippen LogP contribution is 2.29. The van der Waals surface area contributed by atoms with Crippen LogP contribution in [0.25, 0.3) is 0 Å². The largest absolute Gasteiger partial charge is 0.342 e. The fourth-order valence-electron chi connectivity index (χ4n) is 4.60. The van der Waals surface area contributed by atoms with Gasteiger partial charge in [-0.2, -0.15) is 0 Å². The van der Waals surface area contributed by atoms with Crippen molar-refractivity contribution in [3.63, 3.8) is 0 Å². The SMILES string of the molecule is O=C(C1CCCCCCC1)N1CCC(C2CCCN2)CC1. The van der Waals surface area contributed by atoms with Crippen LogP contribution in [0.1, 0.15) is 70.6 Å². The van der Waals surface area contributed by atoms with Crippen molar-refractivity contribution in [1.29, 1.82) is 0 Å². The minimum absolute atomic E-state index is 0.339. The summed E-state index contributed by atoms with van der Waals surface area (Å²) < 4.78 is 0. The Balaban J connectivity index is 1.47. The average Bonchev–Trinajstić information content (AvgIpc) is 3.01. The molecule has 2 aliphatic heterocycles. The van der Waals surface area contributed by atoms with Crippen molar-refractivity contribution in [2.45, 2.75) is 76.7 Å². The highest BCUT2D eigenvalue weighted by Gasteiger charge is 2.32. The molecule has 3 fully saturated rings. The van der Waals surface area contributed by atoms with Crippen LogP contribution in [-0.2, 0) is 4.79 Å². The summed E-state index contributed by atoms with van der Waals surface area (Å²) in [6.07, 6.45) is 14.0. The van der Waals surface area contributed by atoms with E-state index in [1.165, 1.54) is 64.3 Å². The molecule has 2 heterocycles. The summed E-state index contributed by atoms with van der Waals surface area (Å²) >= 11 is 0. The lowest BCUT2D eigenvalue weighted by Crippen LogP contribution is -2.45. The molecule has 0 spiro atoms. The molecule has 21 heavy (non-hydrogen) atoms. The second kappa shape index (κ2) is 7.62. The molecule has 1 unspecified atom stereocenters. The lowest BCUT2D eigenvalue weighted by atomic mass is 9.86. The molecule has 120 valence electrons. The topological polar surface area (TPSA) is 32.3 Å². The van der Waals surface area contributed by atoms with E-state index in [1.54, 1.807) is 0 Å². The summed E-state index contributed by atoms with van der Waals surface area (Å²) in [6, 6.07) is 0.739. The first-order valence-electron chi connectivity index (χ1n) is 9.37. The summed E-state index contributed by atoms with van der Waals surface area (Å²) in [6.45, 7) is 3.22. The van der Waals surface area contributed by atoms with Crippen molar-refractivity contribution in [2.24, 2.45) is 11.8 Å². The first-order valence-corrected chi connectivity index (χ1v) is 9.37. The van der Waals surface area contributed by atoms with E-state index in [-0.39, 0.29) is 0 Å². The molecule has 0 aromatic rings. The van der Waals surface area contributed by atoms with Crippen LogP contribution < -0.4 is 5.32 Å². The highest BCUT2D eigenvalue weighted by molar-refractivity contribution is 5.78. The summed E-state index contributed by atoms with van der Waals surface area (Å²) in [5.41, 5.74) is 0. The van der Waals surface area contributed by atoms with Crippen LogP contribution in [0.4, 0.5) is 0 Å². The number of piperidine rings is 1. The third-order valence-corrected chi connectivity index (χ3v) is 5.97. The van der Waals surface area contributed by atoms with Crippen molar-refractivity contribution in [2.75, 3.05) is 19.6 Å². The van der Waals surface area contributed by atoms with Crippen molar-refractivity contribution in [1.82, 2.24) is 10.2 Å². The molecule has 0 radical (unpaired) electrons. The highest BCUT2D eigenvalue weighted by atomic mass is 16.2. The third kappa shape index (κ3) is 4.00. The number of carbonyl (C=O) groups excluding carboxylic acids is 1. The number of hydrogen-bond donors (Lipinski definition) is 1. The predicted octanol–water partition coefficient (Wildman–Crippen LogP) is 3.34. The van der Waals surface area contributed by atoms with E-state index in [1.807, 2.05) is 0 Å². The van der Waals surface area contributed by atoms with Gasteiger partial charge < -0.3 is 10.2 Å². The van der Waals surface area contributed by atoms with E-state index < -0.39 is 0 Å². The third-order valence-electron chi connectivity index (χ3n) is 5.97. The second-order valence-electron chi connectivity index (χ2n) is 7.41. The van der Waals surface area contributed by atoms with Gasteiger partial charge in [-0.15, -0.1) is 0 Å². The van der Waals surface area contributed by atoms with E-state index in [0.717, 1.165) is 37.9 Å². The number of nitrogens with one attached hydrogen (secondary N) is 1. The van der Waals surface area contributed by atoms with Gasteiger partial charge in [0.2, 0.25) is 5.91 Å². The Kier molecular flexibility index (Phi) is 5.56. The molecular formula is C18H32N2O. The second-order valence-corrected chi connectivity index (χ2v) is 7.41. The number of likely N-dealkylation sites (tertiary alicyclic amines) is 1. The van der Waals surface area contributed by atoms with Crippen LogP contribution in [0.5, 0.6) is 0 Å². The summed E-state index contributed by atoms with van der Waals surface area (Å²) in [5.74, 6) is 1.63. The van der Waals surface area contributed by atoms with Gasteiger partial charge in [-0.25, -0.2) is 0 Å². The zero-order chi connectivity index (χ0) is 14.5. The zero-order valence-electron chi connectivity index (χ0n) is 13.5. The number of nitrogens with zero attached hydrogens (tertiary/aromatic N) is 1. The molecule has 1 atom stereocenters. The molecule has 3 nitrogen and oxygen atoms in total. The van der Waals surface area contributed by atoms with Crippen molar-refractivity contribution in [3.05, 3.63) is 0 Å². The number of carbonyl (C=O) groups is 1. The van der Waals surface area contributed by atoms with Gasteiger partial charge >= 0.3 is 0 Å².